The molecule has 1 aromatic heterocycles. The summed E-state index contributed by atoms with van der Waals surface area (Å²) in [4.78, 5) is 31.8. The maximum atomic E-state index is 13.7. The van der Waals surface area contributed by atoms with Gasteiger partial charge in [0, 0.05) is 34.4 Å². The molecule has 1 aliphatic heterocycles. The number of carbonyl (C=O) groups excluding carboxylic acids is 1. The number of nitroso groups, excluding NO2 is 1. The van der Waals surface area contributed by atoms with Gasteiger partial charge in [-0.15, -0.1) is 0 Å². The third-order valence-electron chi connectivity index (χ3n) is 8.81. The normalized spacial score (nSPS) is 22.3. The van der Waals surface area contributed by atoms with E-state index >= 15 is 0 Å². The van der Waals surface area contributed by atoms with Crippen molar-refractivity contribution in [2.24, 2.45) is 10.2 Å². The molecule has 2 heterocycles. The molecule has 3 aromatic rings. The number of fused-ring (bicyclic) bond motifs is 3. The van der Waals surface area contributed by atoms with Crippen LogP contribution in [-0.2, 0) is 16.1 Å². The molecule has 0 spiro atoms. The van der Waals surface area contributed by atoms with Crippen molar-refractivity contribution in [3.63, 3.8) is 0 Å². The molecule has 204 valence electrons. The Hall–Kier alpha value is -3.48. The van der Waals surface area contributed by atoms with Gasteiger partial charge in [0.25, 0.3) is 5.91 Å². The Kier molecular flexibility index (Phi) is 7.24. The van der Waals surface area contributed by atoms with Gasteiger partial charge in [0.2, 0.25) is 0 Å². The average molecular weight is 527 g/mol. The van der Waals surface area contributed by atoms with Crippen molar-refractivity contribution in [2.75, 3.05) is 0 Å². The van der Waals surface area contributed by atoms with Gasteiger partial charge in [-0.3, -0.25) is 9.69 Å². The molecule has 0 bridgehead atoms. The van der Waals surface area contributed by atoms with Crippen LogP contribution in [0.15, 0.2) is 52.3 Å². The first-order valence-corrected chi connectivity index (χ1v) is 14.8. The van der Waals surface area contributed by atoms with E-state index in [2.05, 4.69) is 47.0 Å². The maximum absolute atomic E-state index is 13.7. The van der Waals surface area contributed by atoms with E-state index in [9.17, 15) is 9.70 Å². The lowest BCUT2D eigenvalue weighted by Crippen LogP contribution is -2.41. The number of amidine groups is 1. The number of aryl methyl sites for hydroxylation is 1. The number of hydrogen-bond donors (Lipinski definition) is 0. The van der Waals surface area contributed by atoms with Gasteiger partial charge < -0.3 is 9.30 Å². The number of ether oxygens (including phenoxy) is 1. The molecule has 2 aromatic carbocycles. The van der Waals surface area contributed by atoms with Crippen LogP contribution in [0.3, 0.4) is 0 Å². The van der Waals surface area contributed by atoms with Crippen molar-refractivity contribution >= 4 is 39.8 Å². The zero-order valence-electron chi connectivity index (χ0n) is 23.1. The minimum absolute atomic E-state index is 0.0688. The minimum atomic E-state index is -0.406. The van der Waals surface area contributed by atoms with Crippen LogP contribution in [0.4, 0.5) is 0 Å². The number of carbonyl (C=O) groups is 1. The molecule has 7 nitrogen and oxygen atoms in total. The van der Waals surface area contributed by atoms with Gasteiger partial charge in [0.1, 0.15) is 6.04 Å². The standard InChI is InChI=1S/C32H38N4O3/c1-3-35-28-16-14-22(18-26(28)27-20-23(21(2)34-38)15-17-29(27)35)19-30-31(37)36(25-12-8-5-9-13-25)32(39-30)33-24-10-6-4-7-11-24/h14-21,24-25H,3-13H2,1-2H3/b30-19-,33-32?. The zero-order valence-corrected chi connectivity index (χ0v) is 23.1. The van der Waals surface area contributed by atoms with E-state index in [1.54, 1.807) is 0 Å². The second-order valence-corrected chi connectivity index (χ2v) is 11.4. The Bertz CT molecular complexity index is 1460. The van der Waals surface area contributed by atoms with Gasteiger partial charge >= 0.3 is 6.02 Å². The highest BCUT2D eigenvalue weighted by molar-refractivity contribution is 6.12. The Balaban J connectivity index is 1.39. The third kappa shape index (κ3) is 4.88. The van der Waals surface area contributed by atoms with Crippen LogP contribution in [0, 0.1) is 4.91 Å². The molecule has 1 atom stereocenters. The molecule has 0 radical (unpaired) electrons. The fraction of sp³-hybridized carbons (Fsp3) is 0.500. The molecular weight excluding hydrogens is 488 g/mol. The molecular formula is C32H38N4O3. The summed E-state index contributed by atoms with van der Waals surface area (Å²) >= 11 is 0. The van der Waals surface area contributed by atoms with Crippen molar-refractivity contribution in [3.8, 4) is 0 Å². The molecule has 1 amide bonds. The largest absolute Gasteiger partial charge is 0.420 e. The topological polar surface area (TPSA) is 76.3 Å². The fourth-order valence-electron chi connectivity index (χ4n) is 6.65. The van der Waals surface area contributed by atoms with E-state index in [-0.39, 0.29) is 18.0 Å². The summed E-state index contributed by atoms with van der Waals surface area (Å²) in [6.07, 6.45) is 13.2. The highest BCUT2D eigenvalue weighted by atomic mass is 16.5. The van der Waals surface area contributed by atoms with E-state index in [1.807, 2.05) is 24.0 Å². The van der Waals surface area contributed by atoms with Crippen LogP contribution in [-0.4, -0.2) is 33.5 Å². The molecule has 39 heavy (non-hydrogen) atoms. The molecule has 2 saturated carbocycles. The van der Waals surface area contributed by atoms with Crippen LogP contribution in [0.2, 0.25) is 0 Å². The van der Waals surface area contributed by atoms with E-state index in [1.165, 1.54) is 25.7 Å². The Labute approximate surface area is 229 Å². The van der Waals surface area contributed by atoms with Crippen LogP contribution >= 0.6 is 0 Å². The van der Waals surface area contributed by atoms with Gasteiger partial charge in [-0.1, -0.05) is 55.8 Å². The fourth-order valence-corrected chi connectivity index (χ4v) is 6.65. The minimum Gasteiger partial charge on any atom is -0.420 e. The molecule has 3 aliphatic rings. The lowest BCUT2D eigenvalue weighted by molar-refractivity contribution is -0.124. The second-order valence-electron chi connectivity index (χ2n) is 11.4. The van der Waals surface area contributed by atoms with Crippen LogP contribution in [0.25, 0.3) is 27.9 Å². The quantitative estimate of drug-likeness (QED) is 0.242. The predicted octanol–water partition coefficient (Wildman–Crippen LogP) is 7.86. The number of hydrogen-bond acceptors (Lipinski definition) is 5. The number of benzene rings is 2. The summed E-state index contributed by atoms with van der Waals surface area (Å²) in [6, 6.07) is 12.9. The lowest BCUT2D eigenvalue weighted by atomic mass is 9.94. The van der Waals surface area contributed by atoms with Gasteiger partial charge in [0.05, 0.1) is 6.04 Å². The Morgan fingerprint density at radius 1 is 0.949 bits per heavy atom. The van der Waals surface area contributed by atoms with Crippen molar-refractivity contribution < 1.29 is 9.53 Å². The summed E-state index contributed by atoms with van der Waals surface area (Å²) in [5.74, 6) is 0.286. The van der Waals surface area contributed by atoms with E-state index in [4.69, 9.17) is 9.73 Å². The average Bonchev–Trinajstić information content (AvgIpc) is 3.45. The summed E-state index contributed by atoms with van der Waals surface area (Å²) in [7, 11) is 0. The molecule has 0 N–H and O–H groups in total. The maximum Gasteiger partial charge on any atom is 0.300 e. The molecule has 1 saturated heterocycles. The SMILES string of the molecule is CCn1c2ccc(/C=C3\OC(=NC4CCCCC4)N(C4CCCCC4)C3=O)cc2c2cc(C(C)N=O)ccc21. The highest BCUT2D eigenvalue weighted by Crippen LogP contribution is 2.35. The van der Waals surface area contributed by atoms with Crippen molar-refractivity contribution in [1.82, 2.24) is 9.47 Å². The van der Waals surface area contributed by atoms with Gasteiger partial charge in [-0.25, -0.2) is 4.99 Å². The monoisotopic (exact) mass is 526 g/mol. The van der Waals surface area contributed by atoms with E-state index in [0.29, 0.717) is 11.8 Å². The van der Waals surface area contributed by atoms with Crippen molar-refractivity contribution in [3.05, 3.63) is 58.2 Å². The van der Waals surface area contributed by atoms with E-state index in [0.717, 1.165) is 78.0 Å². The first-order valence-electron chi connectivity index (χ1n) is 14.8. The molecule has 1 unspecified atom stereocenters. The highest BCUT2D eigenvalue weighted by Gasteiger charge is 2.40. The molecule has 3 fully saturated rings. The molecule has 7 heteroatoms. The molecule has 6 rings (SSSR count). The van der Waals surface area contributed by atoms with Gasteiger partial charge in [-0.2, -0.15) is 4.91 Å². The van der Waals surface area contributed by atoms with Crippen molar-refractivity contribution in [2.45, 2.75) is 103 Å². The summed E-state index contributed by atoms with van der Waals surface area (Å²) in [5.41, 5.74) is 4.06. The molecule has 2 aliphatic carbocycles. The van der Waals surface area contributed by atoms with Crippen LogP contribution in [0.5, 0.6) is 0 Å². The summed E-state index contributed by atoms with van der Waals surface area (Å²) in [6.45, 7) is 4.78. The number of rotatable bonds is 6. The van der Waals surface area contributed by atoms with Gasteiger partial charge in [-0.05, 0) is 81.0 Å². The Morgan fingerprint density at radius 3 is 2.31 bits per heavy atom. The number of aromatic nitrogens is 1. The predicted molar refractivity (Wildman–Crippen MR) is 156 cm³/mol. The van der Waals surface area contributed by atoms with Crippen LogP contribution in [0.1, 0.15) is 95.2 Å². The first-order chi connectivity index (χ1) is 19.1. The van der Waals surface area contributed by atoms with Crippen LogP contribution < -0.4 is 0 Å². The third-order valence-corrected chi connectivity index (χ3v) is 8.81. The van der Waals surface area contributed by atoms with Gasteiger partial charge in [0.15, 0.2) is 5.76 Å². The van der Waals surface area contributed by atoms with Crippen molar-refractivity contribution in [1.29, 1.82) is 0 Å². The first kappa shape index (κ1) is 25.8. The number of amides is 1. The summed E-state index contributed by atoms with van der Waals surface area (Å²) < 4.78 is 8.55. The number of nitrogens with zero attached hydrogens (tertiary/aromatic N) is 4. The smallest absolute Gasteiger partial charge is 0.300 e. The summed E-state index contributed by atoms with van der Waals surface area (Å²) in [5, 5.41) is 5.40. The van der Waals surface area contributed by atoms with E-state index < -0.39 is 6.04 Å². The lowest BCUT2D eigenvalue weighted by Gasteiger charge is -2.29. The number of aliphatic imine (C=N–C) groups is 1. The second kappa shape index (κ2) is 10.9. The zero-order chi connectivity index (χ0) is 26.9. The Morgan fingerprint density at radius 2 is 1.62 bits per heavy atom.